The maximum atomic E-state index is 15.1. The zero-order valence-electron chi connectivity index (χ0n) is 11.9. The molecule has 0 saturated carbocycles. The van der Waals surface area contributed by atoms with Crippen LogP contribution in [0, 0.1) is 0 Å². The van der Waals surface area contributed by atoms with Crippen LogP contribution in [0.5, 0.6) is 0 Å². The maximum Gasteiger partial charge on any atom is 0.282 e. The van der Waals surface area contributed by atoms with E-state index in [9.17, 15) is 0 Å². The van der Waals surface area contributed by atoms with Crippen LogP contribution in [0.4, 0.5) is 4.39 Å². The summed E-state index contributed by atoms with van der Waals surface area (Å²) in [6, 6.07) is 5.73. The molecule has 1 unspecified atom stereocenters. The van der Waals surface area contributed by atoms with E-state index in [2.05, 4.69) is 15.0 Å². The van der Waals surface area contributed by atoms with E-state index in [4.69, 9.17) is 10.5 Å². The minimum Gasteiger partial charge on any atom is -0.463 e. The first-order chi connectivity index (χ1) is 10.7. The molecule has 1 aliphatic carbocycles. The van der Waals surface area contributed by atoms with Crippen molar-refractivity contribution in [3.05, 3.63) is 48.0 Å². The normalized spacial score (nSPS) is 26.4. The van der Waals surface area contributed by atoms with Crippen molar-refractivity contribution < 1.29 is 9.13 Å². The number of rotatable bonds is 1. The first-order valence-corrected chi connectivity index (χ1v) is 7.19. The van der Waals surface area contributed by atoms with Gasteiger partial charge in [0.05, 0.1) is 0 Å². The molecule has 2 aromatic rings. The van der Waals surface area contributed by atoms with E-state index in [1.165, 1.54) is 6.33 Å². The largest absolute Gasteiger partial charge is 0.463 e. The second-order valence-corrected chi connectivity index (χ2v) is 5.71. The third-order valence-electron chi connectivity index (χ3n) is 4.44. The molecule has 0 bridgehead atoms. The highest BCUT2D eigenvalue weighted by molar-refractivity contribution is 5.74. The summed E-state index contributed by atoms with van der Waals surface area (Å²) in [4.78, 5) is 12.3. The number of hydrogen-bond donors (Lipinski definition) is 1. The van der Waals surface area contributed by atoms with Crippen LogP contribution in [0.1, 0.15) is 23.7 Å². The van der Waals surface area contributed by atoms with Crippen molar-refractivity contribution in [1.29, 1.82) is 0 Å². The van der Waals surface area contributed by atoms with Crippen molar-refractivity contribution in [2.45, 2.75) is 24.6 Å². The Labute approximate surface area is 127 Å². The molecule has 22 heavy (non-hydrogen) atoms. The molecule has 2 heterocycles. The van der Waals surface area contributed by atoms with Gasteiger partial charge in [-0.25, -0.2) is 19.4 Å². The van der Waals surface area contributed by atoms with E-state index in [0.717, 1.165) is 23.1 Å². The molecule has 2 atom stereocenters. The molecular formula is C16H15FN4O. The molecule has 1 spiro atoms. The maximum absolute atomic E-state index is 15.1. The second-order valence-electron chi connectivity index (χ2n) is 5.71. The van der Waals surface area contributed by atoms with Crippen LogP contribution >= 0.6 is 0 Å². The molecule has 2 aliphatic rings. The Morgan fingerprint density at radius 1 is 1.27 bits per heavy atom. The van der Waals surface area contributed by atoms with E-state index in [0.29, 0.717) is 12.0 Å². The number of benzene rings is 1. The minimum atomic E-state index is -1.22. The molecule has 0 fully saturated rings. The highest BCUT2D eigenvalue weighted by atomic mass is 19.1. The fourth-order valence-electron chi connectivity index (χ4n) is 3.33. The van der Waals surface area contributed by atoms with Crippen LogP contribution in [0.15, 0.2) is 41.9 Å². The summed E-state index contributed by atoms with van der Waals surface area (Å²) in [5, 5.41) is 0. The van der Waals surface area contributed by atoms with E-state index in [1.807, 2.05) is 18.2 Å². The number of ether oxygens (including phenoxy) is 1. The second kappa shape index (κ2) is 4.76. The Bertz CT molecular complexity index is 749. The van der Waals surface area contributed by atoms with Gasteiger partial charge in [-0.2, -0.15) is 0 Å². The van der Waals surface area contributed by atoms with Gasteiger partial charge < -0.3 is 10.5 Å². The zero-order chi connectivity index (χ0) is 15.2. The van der Waals surface area contributed by atoms with Gasteiger partial charge in [0.15, 0.2) is 6.17 Å². The molecule has 1 aromatic carbocycles. The molecule has 4 rings (SSSR count). The summed E-state index contributed by atoms with van der Waals surface area (Å²) in [5.41, 5.74) is 8.25. The summed E-state index contributed by atoms with van der Waals surface area (Å²) in [6.45, 7) is 0.206. The fraction of sp³-hybridized carbons (Fsp3) is 0.312. The lowest BCUT2D eigenvalue weighted by Crippen LogP contribution is -2.38. The number of nitrogens with two attached hydrogens (primary N) is 1. The first-order valence-electron chi connectivity index (χ1n) is 7.19. The number of amidine groups is 1. The minimum absolute atomic E-state index is 0.0821. The third-order valence-corrected chi connectivity index (χ3v) is 4.44. The zero-order valence-corrected chi connectivity index (χ0v) is 11.9. The Morgan fingerprint density at radius 3 is 2.82 bits per heavy atom. The number of fused-ring (bicyclic) bond motifs is 1. The van der Waals surface area contributed by atoms with E-state index in [-0.39, 0.29) is 12.6 Å². The monoisotopic (exact) mass is 298 g/mol. The summed E-state index contributed by atoms with van der Waals surface area (Å²) in [5.74, 6) is 0. The van der Waals surface area contributed by atoms with Crippen molar-refractivity contribution in [3.8, 4) is 11.1 Å². The van der Waals surface area contributed by atoms with Crippen LogP contribution < -0.4 is 5.73 Å². The molecule has 0 saturated heterocycles. The van der Waals surface area contributed by atoms with Crippen LogP contribution in [0.25, 0.3) is 11.1 Å². The Balaban J connectivity index is 1.81. The quantitative estimate of drug-likeness (QED) is 0.875. The van der Waals surface area contributed by atoms with E-state index < -0.39 is 11.7 Å². The molecule has 0 radical (unpaired) electrons. The van der Waals surface area contributed by atoms with Crippen molar-refractivity contribution in [1.82, 2.24) is 9.97 Å². The molecule has 2 N–H and O–H groups in total. The van der Waals surface area contributed by atoms with Crippen LogP contribution in [0.3, 0.4) is 0 Å². The lowest BCUT2D eigenvalue weighted by molar-refractivity contribution is 0.127. The predicted molar refractivity (Wildman–Crippen MR) is 79.9 cm³/mol. The molecule has 112 valence electrons. The number of nitrogens with zero attached hydrogens (tertiary/aromatic N) is 3. The van der Waals surface area contributed by atoms with Gasteiger partial charge in [0, 0.05) is 18.0 Å². The number of aromatic nitrogens is 2. The van der Waals surface area contributed by atoms with Gasteiger partial charge in [-0.05, 0) is 29.5 Å². The summed E-state index contributed by atoms with van der Waals surface area (Å²) < 4.78 is 20.3. The number of alkyl halides is 1. The highest BCUT2D eigenvalue weighted by Crippen LogP contribution is 2.46. The van der Waals surface area contributed by atoms with Crippen molar-refractivity contribution in [3.63, 3.8) is 0 Å². The van der Waals surface area contributed by atoms with Crippen molar-refractivity contribution in [2.75, 3.05) is 6.61 Å². The Hall–Kier alpha value is -2.50. The number of hydrogen-bond acceptors (Lipinski definition) is 5. The lowest BCUT2D eigenvalue weighted by atomic mass is 9.75. The van der Waals surface area contributed by atoms with E-state index in [1.54, 1.807) is 12.4 Å². The third kappa shape index (κ3) is 1.87. The summed E-state index contributed by atoms with van der Waals surface area (Å²) in [6.07, 6.45) is 5.05. The Morgan fingerprint density at radius 2 is 2.09 bits per heavy atom. The molecule has 5 nitrogen and oxygen atoms in total. The smallest absolute Gasteiger partial charge is 0.282 e. The van der Waals surface area contributed by atoms with Gasteiger partial charge in [0.2, 0.25) is 0 Å². The molecule has 1 aliphatic heterocycles. The van der Waals surface area contributed by atoms with Crippen LogP contribution in [-0.4, -0.2) is 28.1 Å². The lowest BCUT2D eigenvalue weighted by Gasteiger charge is -2.34. The molecule has 1 aromatic heterocycles. The fourth-order valence-corrected chi connectivity index (χ4v) is 3.33. The molecular weight excluding hydrogens is 283 g/mol. The number of halogens is 1. The van der Waals surface area contributed by atoms with Gasteiger partial charge in [-0.3, -0.25) is 0 Å². The standard InChI is InChI=1S/C16H15FN4O/c17-14-13-3-1-2-11(10-6-19-9-20-7-10)12(13)4-5-16(14)8-22-15(18)21-16/h1-3,6-7,9,14H,4-5,8H2,(H2,18,21)/t14?,16-/m1/s1. The number of aliphatic imine (C=N–C) groups is 1. The average Bonchev–Trinajstić information content (AvgIpc) is 2.94. The highest BCUT2D eigenvalue weighted by Gasteiger charge is 2.48. The van der Waals surface area contributed by atoms with Crippen LogP contribution in [0.2, 0.25) is 0 Å². The van der Waals surface area contributed by atoms with Gasteiger partial charge >= 0.3 is 0 Å². The first kappa shape index (κ1) is 13.2. The predicted octanol–water partition coefficient (Wildman–Crippen LogP) is 2.18. The van der Waals surface area contributed by atoms with Gasteiger partial charge in [-0.1, -0.05) is 18.2 Å². The van der Waals surface area contributed by atoms with Gasteiger partial charge in [0.25, 0.3) is 6.02 Å². The van der Waals surface area contributed by atoms with Gasteiger partial charge in [-0.15, -0.1) is 0 Å². The topological polar surface area (TPSA) is 73.4 Å². The molecule has 6 heteroatoms. The average molecular weight is 298 g/mol. The van der Waals surface area contributed by atoms with Crippen molar-refractivity contribution >= 4 is 6.02 Å². The van der Waals surface area contributed by atoms with E-state index >= 15 is 4.39 Å². The van der Waals surface area contributed by atoms with Crippen LogP contribution in [-0.2, 0) is 11.2 Å². The molecule has 0 amide bonds. The summed E-state index contributed by atoms with van der Waals surface area (Å²) >= 11 is 0. The summed E-state index contributed by atoms with van der Waals surface area (Å²) in [7, 11) is 0. The Kier molecular flexibility index (Phi) is 2.85. The van der Waals surface area contributed by atoms with Gasteiger partial charge in [0.1, 0.15) is 18.5 Å². The SMILES string of the molecule is NC1=N[C@]2(CCc3c(-c4cncnc4)cccc3C2F)CO1. The van der Waals surface area contributed by atoms with Crippen molar-refractivity contribution in [2.24, 2.45) is 10.7 Å².